The summed E-state index contributed by atoms with van der Waals surface area (Å²) in [6, 6.07) is 6.38. The van der Waals surface area contributed by atoms with E-state index in [4.69, 9.17) is 4.74 Å². The number of ether oxygens (including phenoxy) is 1. The van der Waals surface area contributed by atoms with Crippen LogP contribution in [-0.2, 0) is 22.7 Å². The van der Waals surface area contributed by atoms with Gasteiger partial charge in [0.2, 0.25) is 0 Å². The number of allylic oxidation sites excluding steroid dienone is 2. The number of esters is 1. The van der Waals surface area contributed by atoms with Gasteiger partial charge in [0.05, 0.1) is 35.8 Å². The lowest BCUT2D eigenvalue weighted by Gasteiger charge is -2.71. The third-order valence-corrected chi connectivity index (χ3v) is 15.6. The summed E-state index contributed by atoms with van der Waals surface area (Å²) in [5.41, 5.74) is 2.09. The summed E-state index contributed by atoms with van der Waals surface area (Å²) in [5.74, 6) is 0.729. The number of nitro benzene ring substituents is 1. The molecule has 272 valence electrons. The third kappa shape index (κ3) is 5.21. The summed E-state index contributed by atoms with van der Waals surface area (Å²) in [5, 5.41) is 41.2. The standard InChI is InChI=1S/C40H56N4O6/c1-35(2)17-19-40(34(47)50-24-27-23-43(42-41-27)22-26-7-9-28(10-8-26)44(48)49)20-18-38(5)29(30(40)21-35)11-12-32-36(3)15-14-33(46)37(4,25-45)31(36)13-16-39(32,38)6/h7-11,23,30-33,45-46H,12-22,24-25H2,1-6H3/t30-,31+,32+,33-,36-,37-,38+,39+,40-/m0/s1. The van der Waals surface area contributed by atoms with Crippen molar-refractivity contribution >= 4 is 11.7 Å². The maximum absolute atomic E-state index is 14.4. The lowest BCUT2D eigenvalue weighted by atomic mass is 9.33. The van der Waals surface area contributed by atoms with Gasteiger partial charge >= 0.3 is 5.97 Å². The molecule has 10 nitrogen and oxygen atoms in total. The second kappa shape index (κ2) is 12.0. The van der Waals surface area contributed by atoms with Crippen molar-refractivity contribution in [3.8, 4) is 0 Å². The van der Waals surface area contributed by atoms with Crippen LogP contribution in [0.4, 0.5) is 5.69 Å². The van der Waals surface area contributed by atoms with Crippen LogP contribution in [0.15, 0.2) is 42.1 Å². The Balaban J connectivity index is 1.13. The van der Waals surface area contributed by atoms with Gasteiger partial charge in [0, 0.05) is 17.5 Å². The molecule has 1 heterocycles. The fourth-order valence-corrected chi connectivity index (χ4v) is 12.3. The molecule has 0 bridgehead atoms. The topological polar surface area (TPSA) is 141 Å². The molecule has 0 unspecified atom stereocenters. The van der Waals surface area contributed by atoms with E-state index in [9.17, 15) is 25.1 Å². The minimum absolute atomic E-state index is 0.0219. The second-order valence-corrected chi connectivity index (χ2v) is 18.5. The van der Waals surface area contributed by atoms with E-state index in [1.54, 1.807) is 23.0 Å². The van der Waals surface area contributed by atoms with Crippen LogP contribution < -0.4 is 0 Å². The molecule has 5 aliphatic carbocycles. The summed E-state index contributed by atoms with van der Waals surface area (Å²) < 4.78 is 7.84. The Morgan fingerprint density at radius 1 is 1.00 bits per heavy atom. The number of aliphatic hydroxyl groups excluding tert-OH is 2. The van der Waals surface area contributed by atoms with Crippen molar-refractivity contribution < 1.29 is 24.7 Å². The fourth-order valence-electron chi connectivity index (χ4n) is 12.3. The molecule has 4 fully saturated rings. The lowest BCUT2D eigenvalue weighted by molar-refractivity contribution is -0.384. The highest BCUT2D eigenvalue weighted by Gasteiger charge is 2.69. The van der Waals surface area contributed by atoms with E-state index >= 15 is 0 Å². The highest BCUT2D eigenvalue weighted by molar-refractivity contribution is 5.78. The number of non-ortho nitro benzene ring substituents is 1. The van der Waals surface area contributed by atoms with E-state index in [0.717, 1.165) is 69.8 Å². The Hall–Kier alpha value is -3.11. The number of hydrogen-bond donors (Lipinski definition) is 2. The van der Waals surface area contributed by atoms with E-state index in [2.05, 4.69) is 57.9 Å². The maximum atomic E-state index is 14.4. The molecule has 1 aromatic heterocycles. The van der Waals surface area contributed by atoms with Crippen molar-refractivity contribution in [3.05, 3.63) is 63.5 Å². The van der Waals surface area contributed by atoms with Crippen LogP contribution in [0.5, 0.6) is 0 Å². The van der Waals surface area contributed by atoms with Crippen molar-refractivity contribution in [2.75, 3.05) is 6.61 Å². The van der Waals surface area contributed by atoms with Gasteiger partial charge in [-0.2, -0.15) is 0 Å². The van der Waals surface area contributed by atoms with Crippen LogP contribution in [0.1, 0.15) is 117 Å². The summed E-state index contributed by atoms with van der Waals surface area (Å²) in [6.45, 7) is 14.8. The number of fused-ring (bicyclic) bond motifs is 7. The average Bonchev–Trinajstić information content (AvgIpc) is 3.52. The lowest BCUT2D eigenvalue weighted by Crippen LogP contribution is -2.66. The predicted molar refractivity (Wildman–Crippen MR) is 188 cm³/mol. The third-order valence-electron chi connectivity index (χ3n) is 15.6. The number of nitrogens with zero attached hydrogens (tertiary/aromatic N) is 4. The molecule has 10 heteroatoms. The van der Waals surface area contributed by atoms with Gasteiger partial charge < -0.3 is 14.9 Å². The van der Waals surface area contributed by atoms with Crippen molar-refractivity contribution in [1.29, 1.82) is 0 Å². The molecule has 5 aliphatic rings. The maximum Gasteiger partial charge on any atom is 0.313 e. The number of hydrogen-bond acceptors (Lipinski definition) is 8. The Labute approximate surface area is 296 Å². The molecule has 1 aromatic carbocycles. The first-order chi connectivity index (χ1) is 23.5. The molecule has 7 rings (SSSR count). The monoisotopic (exact) mass is 688 g/mol. The van der Waals surface area contributed by atoms with Crippen molar-refractivity contribution in [2.24, 2.45) is 50.2 Å². The molecule has 50 heavy (non-hydrogen) atoms. The van der Waals surface area contributed by atoms with Crippen LogP contribution in [0.25, 0.3) is 0 Å². The van der Waals surface area contributed by atoms with Gasteiger partial charge in [0.1, 0.15) is 12.3 Å². The predicted octanol–water partition coefficient (Wildman–Crippen LogP) is 7.41. The SMILES string of the molecule is CC1(C)CC[C@]2(C(=O)OCc3cn(Cc4ccc([N+](=O)[O-])cc4)nn3)CC[C@]3(C)C(=CC[C@@H]4[C@@]5(C)CC[C@H](O)[C@@](C)(CO)[C@@H]5CC[C@]43C)[C@@H]2C1. The van der Waals surface area contributed by atoms with E-state index < -0.39 is 21.9 Å². The van der Waals surface area contributed by atoms with E-state index in [-0.39, 0.29) is 58.4 Å². The molecule has 0 aliphatic heterocycles. The number of aromatic nitrogens is 3. The summed E-state index contributed by atoms with van der Waals surface area (Å²) in [4.78, 5) is 25.0. The first kappa shape index (κ1) is 35.3. The normalized spacial score (nSPS) is 40.4. The fraction of sp³-hybridized carbons (Fsp3) is 0.725. The van der Waals surface area contributed by atoms with Gasteiger partial charge in [-0.3, -0.25) is 14.9 Å². The van der Waals surface area contributed by atoms with Crippen molar-refractivity contribution in [3.63, 3.8) is 0 Å². The van der Waals surface area contributed by atoms with Crippen molar-refractivity contribution in [1.82, 2.24) is 15.0 Å². The number of carbonyl (C=O) groups is 1. The average molecular weight is 689 g/mol. The smallest absolute Gasteiger partial charge is 0.313 e. The van der Waals surface area contributed by atoms with E-state index in [0.29, 0.717) is 18.2 Å². The number of carbonyl (C=O) groups excluding carboxylic acids is 1. The molecule has 2 N–H and O–H groups in total. The molecule has 0 amide bonds. The van der Waals surface area contributed by atoms with Crippen LogP contribution in [-0.4, -0.2) is 48.8 Å². The zero-order valence-electron chi connectivity index (χ0n) is 30.8. The van der Waals surface area contributed by atoms with Gasteiger partial charge in [0.15, 0.2) is 0 Å². The Bertz CT molecular complexity index is 1690. The summed E-state index contributed by atoms with van der Waals surface area (Å²) in [7, 11) is 0. The quantitative estimate of drug-likeness (QED) is 0.133. The molecular weight excluding hydrogens is 632 g/mol. The van der Waals surface area contributed by atoms with E-state index in [1.165, 1.54) is 17.7 Å². The molecule has 0 spiro atoms. The van der Waals surface area contributed by atoms with Gasteiger partial charge in [0.25, 0.3) is 5.69 Å². The number of rotatable bonds is 7. The minimum Gasteiger partial charge on any atom is -0.459 e. The Morgan fingerprint density at radius 2 is 1.72 bits per heavy atom. The summed E-state index contributed by atoms with van der Waals surface area (Å²) in [6.07, 6.45) is 13.1. The largest absolute Gasteiger partial charge is 0.459 e. The van der Waals surface area contributed by atoms with Crippen LogP contribution >= 0.6 is 0 Å². The van der Waals surface area contributed by atoms with Gasteiger partial charge in [-0.1, -0.05) is 70.5 Å². The van der Waals surface area contributed by atoms with Crippen LogP contribution in [0, 0.1) is 60.4 Å². The zero-order chi connectivity index (χ0) is 35.9. The Morgan fingerprint density at radius 3 is 2.42 bits per heavy atom. The van der Waals surface area contributed by atoms with E-state index in [1.807, 2.05) is 0 Å². The molecule has 0 radical (unpaired) electrons. The van der Waals surface area contributed by atoms with Crippen LogP contribution in [0.2, 0.25) is 0 Å². The molecular formula is C40H56N4O6. The highest BCUT2D eigenvalue weighted by Crippen LogP contribution is 2.75. The van der Waals surface area contributed by atoms with Crippen LogP contribution in [0.3, 0.4) is 0 Å². The van der Waals surface area contributed by atoms with Crippen molar-refractivity contribution in [2.45, 2.75) is 125 Å². The highest BCUT2D eigenvalue weighted by atomic mass is 16.6. The number of benzene rings is 1. The Kier molecular flexibility index (Phi) is 8.45. The van der Waals surface area contributed by atoms with Gasteiger partial charge in [-0.25, -0.2) is 4.68 Å². The van der Waals surface area contributed by atoms with Gasteiger partial charge in [-0.05, 0) is 109 Å². The molecule has 9 atom stereocenters. The number of aliphatic hydroxyl groups is 2. The minimum atomic E-state index is -0.565. The molecule has 0 saturated heterocycles. The number of nitro groups is 1. The molecule has 2 aromatic rings. The first-order valence-corrected chi connectivity index (χ1v) is 18.8. The summed E-state index contributed by atoms with van der Waals surface area (Å²) >= 11 is 0. The second-order valence-electron chi connectivity index (χ2n) is 18.5. The molecule has 4 saturated carbocycles. The van der Waals surface area contributed by atoms with Gasteiger partial charge in [-0.15, -0.1) is 5.10 Å². The first-order valence-electron chi connectivity index (χ1n) is 18.8. The zero-order valence-corrected chi connectivity index (χ0v) is 30.8.